The Morgan fingerprint density at radius 1 is 1.09 bits per heavy atom. The number of carbonyl (C=O) groups is 2. The Morgan fingerprint density at radius 2 is 1.82 bits per heavy atom. The van der Waals surface area contributed by atoms with Crippen LogP contribution in [0.3, 0.4) is 0 Å². The number of aliphatic hydroxyl groups is 1. The third-order valence-electron chi connectivity index (χ3n) is 5.70. The Labute approximate surface area is 207 Å². The molecule has 174 valence electrons. The molecule has 7 heteroatoms. The summed E-state index contributed by atoms with van der Waals surface area (Å²) < 4.78 is 6.57. The Hall–Kier alpha value is -3.45. The number of carbonyl (C=O) groups excluding carboxylic acids is 2. The summed E-state index contributed by atoms with van der Waals surface area (Å²) in [6, 6.07) is 17.2. The van der Waals surface area contributed by atoms with E-state index >= 15 is 0 Å². The van der Waals surface area contributed by atoms with Crippen LogP contribution < -0.4 is 4.74 Å². The fourth-order valence-electron chi connectivity index (χ4n) is 3.92. The number of hydrogen-bond acceptors (Lipinski definition) is 5. The van der Waals surface area contributed by atoms with E-state index in [-0.39, 0.29) is 17.9 Å². The number of likely N-dealkylation sites (tertiary alicyclic amines) is 1. The van der Waals surface area contributed by atoms with Crippen LogP contribution >= 0.6 is 15.9 Å². The zero-order valence-corrected chi connectivity index (χ0v) is 20.4. The molecule has 0 radical (unpaired) electrons. The molecule has 1 fully saturated rings. The van der Waals surface area contributed by atoms with Gasteiger partial charge in [-0.2, -0.15) is 0 Å². The van der Waals surface area contributed by atoms with Gasteiger partial charge in [0.05, 0.1) is 18.2 Å². The SMILES string of the molecule is CCCCOc1ccc(/C(O)=C2\C(=O)C(=O)N(Cc3cccnc3)C2c2ccc(Br)cc2)cc1. The van der Waals surface area contributed by atoms with E-state index in [1.165, 1.54) is 4.90 Å². The molecule has 1 saturated heterocycles. The summed E-state index contributed by atoms with van der Waals surface area (Å²) in [4.78, 5) is 31.8. The van der Waals surface area contributed by atoms with Crippen molar-refractivity contribution in [2.45, 2.75) is 32.4 Å². The van der Waals surface area contributed by atoms with Gasteiger partial charge in [-0.25, -0.2) is 0 Å². The third-order valence-corrected chi connectivity index (χ3v) is 6.22. The Kier molecular flexibility index (Phi) is 7.43. The average molecular weight is 521 g/mol. The van der Waals surface area contributed by atoms with Crippen molar-refractivity contribution in [2.75, 3.05) is 6.61 Å². The number of ether oxygens (including phenoxy) is 1. The number of rotatable bonds is 8. The van der Waals surface area contributed by atoms with Gasteiger partial charge in [-0.1, -0.05) is 47.5 Å². The number of Topliss-reactive ketones (excluding diaryl/α,β-unsaturated/α-hetero) is 1. The lowest BCUT2D eigenvalue weighted by atomic mass is 9.95. The van der Waals surface area contributed by atoms with Crippen LogP contribution in [-0.2, 0) is 16.1 Å². The second-order valence-corrected chi connectivity index (χ2v) is 8.98. The molecular weight excluding hydrogens is 496 g/mol. The van der Waals surface area contributed by atoms with Gasteiger partial charge in [-0.05, 0) is 60.0 Å². The predicted octanol–water partition coefficient (Wildman–Crippen LogP) is 5.64. The summed E-state index contributed by atoms with van der Waals surface area (Å²) in [5.74, 6) is -0.887. The van der Waals surface area contributed by atoms with Crippen LogP contribution in [0.15, 0.2) is 83.1 Å². The van der Waals surface area contributed by atoms with E-state index in [9.17, 15) is 14.7 Å². The van der Waals surface area contributed by atoms with E-state index in [4.69, 9.17) is 4.74 Å². The number of nitrogens with zero attached hydrogens (tertiary/aromatic N) is 2. The van der Waals surface area contributed by atoms with Gasteiger partial charge in [-0.15, -0.1) is 0 Å². The molecule has 3 aromatic rings. The summed E-state index contributed by atoms with van der Waals surface area (Å²) >= 11 is 3.43. The van der Waals surface area contributed by atoms with Crippen LogP contribution in [0.25, 0.3) is 5.76 Å². The van der Waals surface area contributed by atoms with Crippen LogP contribution in [0, 0.1) is 0 Å². The van der Waals surface area contributed by atoms with Crippen molar-refractivity contribution in [3.05, 3.63) is 99.8 Å². The summed E-state index contributed by atoms with van der Waals surface area (Å²) in [6.45, 7) is 2.90. The van der Waals surface area contributed by atoms with Gasteiger partial charge in [0.15, 0.2) is 0 Å². The number of halogens is 1. The molecule has 4 rings (SSSR count). The molecule has 1 N–H and O–H groups in total. The van der Waals surface area contributed by atoms with Crippen molar-refractivity contribution < 1.29 is 19.4 Å². The molecule has 1 amide bonds. The molecule has 34 heavy (non-hydrogen) atoms. The highest BCUT2D eigenvalue weighted by Gasteiger charge is 2.46. The maximum Gasteiger partial charge on any atom is 0.295 e. The van der Waals surface area contributed by atoms with E-state index < -0.39 is 17.7 Å². The number of pyridine rings is 1. The minimum absolute atomic E-state index is 0.0656. The Morgan fingerprint density at radius 3 is 2.47 bits per heavy atom. The molecule has 2 heterocycles. The van der Waals surface area contributed by atoms with E-state index in [1.54, 1.807) is 42.7 Å². The number of aromatic nitrogens is 1. The molecule has 0 saturated carbocycles. The third kappa shape index (κ3) is 5.04. The van der Waals surface area contributed by atoms with Gasteiger partial charge in [0.1, 0.15) is 11.5 Å². The van der Waals surface area contributed by atoms with E-state index in [1.807, 2.05) is 30.3 Å². The van der Waals surface area contributed by atoms with Crippen molar-refractivity contribution in [3.8, 4) is 5.75 Å². The summed E-state index contributed by atoms with van der Waals surface area (Å²) in [5.41, 5.74) is 2.03. The molecule has 0 bridgehead atoms. The second-order valence-electron chi connectivity index (χ2n) is 8.07. The molecule has 1 atom stereocenters. The van der Waals surface area contributed by atoms with Gasteiger partial charge in [-0.3, -0.25) is 14.6 Å². The maximum absolute atomic E-state index is 13.2. The first-order chi connectivity index (χ1) is 16.5. The Balaban J connectivity index is 1.74. The molecule has 1 unspecified atom stereocenters. The highest BCUT2D eigenvalue weighted by molar-refractivity contribution is 9.10. The topological polar surface area (TPSA) is 79.7 Å². The maximum atomic E-state index is 13.2. The highest BCUT2D eigenvalue weighted by atomic mass is 79.9. The van der Waals surface area contributed by atoms with E-state index in [0.717, 1.165) is 28.4 Å². The minimum atomic E-state index is -0.728. The van der Waals surface area contributed by atoms with Crippen molar-refractivity contribution in [3.63, 3.8) is 0 Å². The first-order valence-electron chi connectivity index (χ1n) is 11.2. The number of aliphatic hydroxyl groups excluding tert-OH is 1. The zero-order valence-electron chi connectivity index (χ0n) is 18.8. The van der Waals surface area contributed by atoms with Crippen LogP contribution in [0.2, 0.25) is 0 Å². The van der Waals surface area contributed by atoms with Crippen LogP contribution in [0.5, 0.6) is 5.75 Å². The predicted molar refractivity (Wildman–Crippen MR) is 133 cm³/mol. The molecule has 0 aliphatic carbocycles. The highest BCUT2D eigenvalue weighted by Crippen LogP contribution is 2.40. The van der Waals surface area contributed by atoms with Crippen molar-refractivity contribution in [2.24, 2.45) is 0 Å². The van der Waals surface area contributed by atoms with Gasteiger partial charge in [0.2, 0.25) is 0 Å². The molecule has 0 spiro atoms. The fraction of sp³-hybridized carbons (Fsp3) is 0.222. The minimum Gasteiger partial charge on any atom is -0.507 e. The van der Waals surface area contributed by atoms with Crippen LogP contribution in [0.1, 0.15) is 42.5 Å². The number of amides is 1. The van der Waals surface area contributed by atoms with Gasteiger partial charge in [0, 0.05) is 29.0 Å². The number of unbranched alkanes of at least 4 members (excludes halogenated alkanes) is 1. The molecular formula is C27H25BrN2O4. The zero-order chi connectivity index (χ0) is 24.1. The van der Waals surface area contributed by atoms with Gasteiger partial charge in [0.25, 0.3) is 11.7 Å². The first kappa shape index (κ1) is 23.7. The summed E-state index contributed by atoms with van der Waals surface area (Å²) in [6.07, 6.45) is 5.30. The lowest BCUT2D eigenvalue weighted by molar-refractivity contribution is -0.140. The summed E-state index contributed by atoms with van der Waals surface area (Å²) in [7, 11) is 0. The monoisotopic (exact) mass is 520 g/mol. The van der Waals surface area contributed by atoms with Crippen LogP contribution in [-0.4, -0.2) is 33.3 Å². The lowest BCUT2D eigenvalue weighted by Gasteiger charge is -2.25. The fourth-order valence-corrected chi connectivity index (χ4v) is 4.19. The largest absolute Gasteiger partial charge is 0.507 e. The quantitative estimate of drug-likeness (QED) is 0.180. The number of ketones is 1. The molecule has 6 nitrogen and oxygen atoms in total. The second kappa shape index (κ2) is 10.7. The van der Waals surface area contributed by atoms with Gasteiger partial charge < -0.3 is 14.7 Å². The smallest absolute Gasteiger partial charge is 0.295 e. The summed E-state index contributed by atoms with van der Waals surface area (Å²) in [5, 5.41) is 11.2. The lowest BCUT2D eigenvalue weighted by Crippen LogP contribution is -2.29. The Bertz CT molecular complexity index is 1190. The number of hydrogen-bond donors (Lipinski definition) is 1. The average Bonchev–Trinajstić information content (AvgIpc) is 3.10. The van der Waals surface area contributed by atoms with Crippen molar-refractivity contribution in [1.82, 2.24) is 9.88 Å². The normalized spacial score (nSPS) is 17.2. The molecule has 1 aliphatic rings. The van der Waals surface area contributed by atoms with Crippen molar-refractivity contribution in [1.29, 1.82) is 0 Å². The molecule has 2 aromatic carbocycles. The molecule has 1 aliphatic heterocycles. The van der Waals surface area contributed by atoms with Crippen molar-refractivity contribution >= 4 is 33.4 Å². The molecule has 1 aromatic heterocycles. The first-order valence-corrected chi connectivity index (χ1v) is 11.9. The van der Waals surface area contributed by atoms with E-state index in [0.29, 0.717) is 17.9 Å². The number of benzene rings is 2. The van der Waals surface area contributed by atoms with Crippen LogP contribution in [0.4, 0.5) is 0 Å². The standard InChI is InChI=1S/C27H25BrN2O4/c1-2-3-15-34-22-12-8-20(9-13-22)25(31)23-24(19-6-10-21(28)11-7-19)30(27(33)26(23)32)17-18-5-4-14-29-16-18/h4-14,16,24,31H,2-3,15,17H2,1H3/b25-23+. The van der Waals surface area contributed by atoms with E-state index in [2.05, 4.69) is 27.8 Å². The van der Waals surface area contributed by atoms with Gasteiger partial charge >= 0.3 is 0 Å².